The van der Waals surface area contributed by atoms with Crippen molar-refractivity contribution in [1.29, 1.82) is 0 Å². The third-order valence-corrected chi connectivity index (χ3v) is 5.26. The van der Waals surface area contributed by atoms with Crippen LogP contribution in [0.25, 0.3) is 0 Å². The lowest BCUT2D eigenvalue weighted by Gasteiger charge is -2.33. The molecule has 0 saturated carbocycles. The predicted molar refractivity (Wildman–Crippen MR) is 90.6 cm³/mol. The largest absolute Gasteiger partial charge is 0.372 e. The second-order valence-corrected chi connectivity index (χ2v) is 6.85. The lowest BCUT2D eigenvalue weighted by molar-refractivity contribution is -0.129. The van der Waals surface area contributed by atoms with Crippen LogP contribution in [0.4, 0.5) is 5.69 Å². The van der Waals surface area contributed by atoms with Crippen molar-refractivity contribution >= 4 is 29.2 Å². The van der Waals surface area contributed by atoms with Gasteiger partial charge < -0.3 is 15.3 Å². The highest BCUT2D eigenvalue weighted by atomic mass is 16.3. The minimum Gasteiger partial charge on any atom is -0.372 e. The fourth-order valence-electron chi connectivity index (χ4n) is 3.80. The number of anilines is 1. The Morgan fingerprint density at radius 3 is 2.35 bits per heavy atom. The molecule has 8 heteroatoms. The molecule has 0 aliphatic carbocycles. The highest BCUT2D eigenvalue weighted by Gasteiger charge is 2.44. The Morgan fingerprint density at radius 1 is 0.962 bits per heavy atom. The van der Waals surface area contributed by atoms with Gasteiger partial charge in [0, 0.05) is 38.0 Å². The van der Waals surface area contributed by atoms with Gasteiger partial charge in [-0.2, -0.15) is 0 Å². The van der Waals surface area contributed by atoms with Crippen LogP contribution in [0.5, 0.6) is 0 Å². The molecule has 0 aromatic heterocycles. The summed E-state index contributed by atoms with van der Waals surface area (Å²) in [5, 5.41) is 12.5. The van der Waals surface area contributed by atoms with Gasteiger partial charge in [0.05, 0.1) is 17.2 Å². The number of amides is 3. The van der Waals surface area contributed by atoms with Crippen molar-refractivity contribution in [3.63, 3.8) is 0 Å². The van der Waals surface area contributed by atoms with Gasteiger partial charge in [0.1, 0.15) is 12.0 Å². The molecule has 3 aliphatic rings. The summed E-state index contributed by atoms with van der Waals surface area (Å²) >= 11 is 0. The topological polar surface area (TPSA) is 107 Å². The van der Waals surface area contributed by atoms with Gasteiger partial charge in [-0.3, -0.25) is 24.1 Å². The minimum absolute atomic E-state index is 0.155. The van der Waals surface area contributed by atoms with E-state index in [0.717, 1.165) is 10.6 Å². The fraction of sp³-hybridized carbons (Fsp3) is 0.444. The maximum Gasteiger partial charge on any atom is 0.262 e. The first-order valence-corrected chi connectivity index (χ1v) is 8.72. The molecular weight excluding hydrogens is 338 g/mol. The average molecular weight is 357 g/mol. The van der Waals surface area contributed by atoms with Crippen molar-refractivity contribution in [3.8, 4) is 0 Å². The predicted octanol–water partition coefficient (Wildman–Crippen LogP) is 0.0489. The van der Waals surface area contributed by atoms with Crippen molar-refractivity contribution in [2.45, 2.75) is 38.0 Å². The SMILES string of the molecule is O=C1CCN(c2ccc3c(c2)C(=O)N(C2CCC(=O)NC2O)C3=O)CC1. The van der Waals surface area contributed by atoms with Crippen molar-refractivity contribution in [2.75, 3.05) is 18.0 Å². The molecule has 3 amide bonds. The molecule has 3 heterocycles. The van der Waals surface area contributed by atoms with E-state index in [2.05, 4.69) is 5.32 Å². The Kier molecular flexibility index (Phi) is 3.99. The molecule has 1 aromatic rings. The quantitative estimate of drug-likeness (QED) is 0.724. The lowest BCUT2D eigenvalue weighted by Crippen LogP contribution is -2.57. The van der Waals surface area contributed by atoms with E-state index in [1.807, 2.05) is 4.90 Å². The summed E-state index contributed by atoms with van der Waals surface area (Å²) < 4.78 is 0. The Balaban J connectivity index is 1.60. The van der Waals surface area contributed by atoms with Crippen molar-refractivity contribution < 1.29 is 24.3 Å². The molecular formula is C18H19N3O5. The number of carbonyl (C=O) groups excluding carboxylic acids is 4. The van der Waals surface area contributed by atoms with Gasteiger partial charge >= 0.3 is 0 Å². The van der Waals surface area contributed by atoms with Crippen LogP contribution in [0, 0.1) is 0 Å². The van der Waals surface area contributed by atoms with Crippen LogP contribution in [0.1, 0.15) is 46.4 Å². The number of Topliss-reactive ketones (excluding diaryl/α,β-unsaturated/α-hetero) is 1. The number of aliphatic hydroxyl groups is 1. The van der Waals surface area contributed by atoms with Gasteiger partial charge in [0.2, 0.25) is 5.91 Å². The van der Waals surface area contributed by atoms with Crippen LogP contribution in [-0.4, -0.2) is 58.9 Å². The van der Waals surface area contributed by atoms with E-state index >= 15 is 0 Å². The Hall–Kier alpha value is -2.74. The molecule has 2 saturated heterocycles. The molecule has 0 radical (unpaired) electrons. The molecule has 3 aliphatic heterocycles. The maximum absolute atomic E-state index is 12.8. The first-order valence-electron chi connectivity index (χ1n) is 8.72. The lowest BCUT2D eigenvalue weighted by atomic mass is 10.0. The van der Waals surface area contributed by atoms with Crippen LogP contribution in [-0.2, 0) is 9.59 Å². The van der Waals surface area contributed by atoms with E-state index in [-0.39, 0.29) is 24.5 Å². The molecule has 0 bridgehead atoms. The number of nitrogens with zero attached hydrogens (tertiary/aromatic N) is 2. The van der Waals surface area contributed by atoms with Crippen LogP contribution in [0.3, 0.4) is 0 Å². The average Bonchev–Trinajstić information content (AvgIpc) is 2.87. The summed E-state index contributed by atoms with van der Waals surface area (Å²) in [5.41, 5.74) is 1.40. The zero-order valence-corrected chi connectivity index (χ0v) is 14.1. The normalized spacial score (nSPS) is 26.2. The van der Waals surface area contributed by atoms with E-state index in [1.54, 1.807) is 18.2 Å². The molecule has 1 aromatic carbocycles. The van der Waals surface area contributed by atoms with Crippen molar-refractivity contribution in [2.24, 2.45) is 0 Å². The second-order valence-electron chi connectivity index (χ2n) is 6.85. The zero-order chi connectivity index (χ0) is 18.4. The summed E-state index contributed by atoms with van der Waals surface area (Å²) in [6.45, 7) is 1.19. The van der Waals surface area contributed by atoms with Gasteiger partial charge in [-0.05, 0) is 24.6 Å². The number of fused-ring (bicyclic) bond motifs is 1. The van der Waals surface area contributed by atoms with E-state index < -0.39 is 24.1 Å². The number of aliphatic hydroxyl groups excluding tert-OH is 1. The smallest absolute Gasteiger partial charge is 0.262 e. The van der Waals surface area contributed by atoms with Gasteiger partial charge in [-0.15, -0.1) is 0 Å². The number of imide groups is 1. The van der Waals surface area contributed by atoms with E-state index in [0.29, 0.717) is 37.1 Å². The third-order valence-electron chi connectivity index (χ3n) is 5.26. The highest BCUT2D eigenvalue weighted by molar-refractivity contribution is 6.22. The summed E-state index contributed by atoms with van der Waals surface area (Å²) in [7, 11) is 0. The monoisotopic (exact) mass is 357 g/mol. The Bertz CT molecular complexity index is 811. The number of benzene rings is 1. The zero-order valence-electron chi connectivity index (χ0n) is 14.1. The van der Waals surface area contributed by atoms with E-state index in [1.165, 1.54) is 0 Å². The van der Waals surface area contributed by atoms with Gasteiger partial charge in [0.25, 0.3) is 11.8 Å². The molecule has 26 heavy (non-hydrogen) atoms. The number of rotatable bonds is 2. The first kappa shape index (κ1) is 16.7. The first-order chi connectivity index (χ1) is 12.5. The molecule has 2 atom stereocenters. The Labute approximate surface area is 149 Å². The Morgan fingerprint density at radius 2 is 1.65 bits per heavy atom. The summed E-state index contributed by atoms with van der Waals surface area (Å²) in [6.07, 6.45) is 0.0848. The standard InChI is InChI=1S/C18H19N3O5/c22-11-5-7-20(8-6-11)10-1-2-12-13(9-10)18(26)21(17(12)25)14-3-4-15(23)19-16(14)24/h1-2,9,14,16,24H,3-8H2,(H,19,23). The summed E-state index contributed by atoms with van der Waals surface area (Å²) in [6, 6.07) is 4.31. The van der Waals surface area contributed by atoms with Gasteiger partial charge in [-0.25, -0.2) is 0 Å². The second kappa shape index (κ2) is 6.21. The highest BCUT2D eigenvalue weighted by Crippen LogP contribution is 2.31. The summed E-state index contributed by atoms with van der Waals surface area (Å²) in [4.78, 5) is 51.4. The molecule has 136 valence electrons. The number of hydrogen-bond donors (Lipinski definition) is 2. The number of nitrogens with one attached hydrogen (secondary N) is 1. The van der Waals surface area contributed by atoms with Gasteiger partial charge in [0.15, 0.2) is 0 Å². The number of hydrogen-bond acceptors (Lipinski definition) is 6. The summed E-state index contributed by atoms with van der Waals surface area (Å²) in [5.74, 6) is -0.980. The maximum atomic E-state index is 12.8. The molecule has 0 spiro atoms. The molecule has 2 fully saturated rings. The van der Waals surface area contributed by atoms with Crippen molar-refractivity contribution in [3.05, 3.63) is 29.3 Å². The number of piperidine rings is 2. The van der Waals surface area contributed by atoms with Crippen LogP contribution >= 0.6 is 0 Å². The van der Waals surface area contributed by atoms with Crippen LogP contribution in [0.2, 0.25) is 0 Å². The van der Waals surface area contributed by atoms with E-state index in [9.17, 15) is 24.3 Å². The minimum atomic E-state index is -1.26. The molecule has 2 N–H and O–H groups in total. The molecule has 8 nitrogen and oxygen atoms in total. The fourth-order valence-corrected chi connectivity index (χ4v) is 3.80. The number of ketones is 1. The number of carbonyl (C=O) groups is 4. The van der Waals surface area contributed by atoms with Crippen LogP contribution < -0.4 is 10.2 Å². The third kappa shape index (κ3) is 2.66. The molecule has 2 unspecified atom stereocenters. The molecule has 4 rings (SSSR count). The van der Waals surface area contributed by atoms with Crippen LogP contribution in [0.15, 0.2) is 18.2 Å². The van der Waals surface area contributed by atoms with Crippen molar-refractivity contribution in [1.82, 2.24) is 10.2 Å². The van der Waals surface area contributed by atoms with E-state index in [4.69, 9.17) is 0 Å². The van der Waals surface area contributed by atoms with Gasteiger partial charge in [-0.1, -0.05) is 0 Å².